The molecule has 0 heterocycles. The molecule has 1 fully saturated rings. The molecule has 0 radical (unpaired) electrons. The highest BCUT2D eigenvalue weighted by Crippen LogP contribution is 2.47. The van der Waals surface area contributed by atoms with Crippen LogP contribution in [-0.4, -0.2) is 11.6 Å². The summed E-state index contributed by atoms with van der Waals surface area (Å²) in [4.78, 5) is 23.3. The van der Waals surface area contributed by atoms with Gasteiger partial charge in [0, 0.05) is 23.0 Å². The van der Waals surface area contributed by atoms with Crippen molar-refractivity contribution in [1.82, 2.24) is 0 Å². The van der Waals surface area contributed by atoms with Crippen LogP contribution in [0.4, 0.5) is 0 Å². The zero-order valence-electron chi connectivity index (χ0n) is 6.99. The summed E-state index contributed by atoms with van der Waals surface area (Å²) < 4.78 is 0. The fourth-order valence-electron chi connectivity index (χ4n) is 2.09. The van der Waals surface area contributed by atoms with Gasteiger partial charge in [-0.3, -0.25) is 9.59 Å². The maximum absolute atomic E-state index is 11.7. The number of hydrogen-bond donors (Lipinski definition) is 0. The van der Waals surface area contributed by atoms with Gasteiger partial charge in [-0.05, 0) is 6.42 Å². The van der Waals surface area contributed by atoms with Crippen LogP contribution in [0.1, 0.15) is 27.1 Å². The molecule has 2 aliphatic rings. The van der Waals surface area contributed by atoms with Crippen molar-refractivity contribution >= 4 is 11.6 Å². The van der Waals surface area contributed by atoms with E-state index in [2.05, 4.69) is 0 Å². The Bertz CT molecular complexity index is 381. The Kier molecular flexibility index (Phi) is 1.12. The zero-order chi connectivity index (χ0) is 9.00. The lowest BCUT2D eigenvalue weighted by molar-refractivity contribution is 0.0878. The molecule has 64 valence electrons. The molecule has 0 N–H and O–H groups in total. The molecule has 1 saturated carbocycles. The number of hydrogen-bond acceptors (Lipinski definition) is 2. The van der Waals surface area contributed by atoms with Crippen molar-refractivity contribution < 1.29 is 9.59 Å². The van der Waals surface area contributed by atoms with Crippen molar-refractivity contribution in [2.75, 3.05) is 0 Å². The highest BCUT2D eigenvalue weighted by Gasteiger charge is 2.52. The van der Waals surface area contributed by atoms with Crippen molar-refractivity contribution in [1.29, 1.82) is 0 Å². The van der Waals surface area contributed by atoms with E-state index in [0.29, 0.717) is 11.1 Å². The molecule has 0 saturated heterocycles. The summed E-state index contributed by atoms with van der Waals surface area (Å²) in [5.74, 6) is 0.366. The Balaban J connectivity index is 2.26. The summed E-state index contributed by atoms with van der Waals surface area (Å²) in [6, 6.07) is 7.13. The molecule has 2 atom stereocenters. The second kappa shape index (κ2) is 2.08. The Labute approximate surface area is 75.6 Å². The van der Waals surface area contributed by atoms with E-state index in [1.807, 2.05) is 12.1 Å². The molecule has 1 aromatic carbocycles. The predicted octanol–water partition coefficient (Wildman–Crippen LogP) is 1.70. The average molecular weight is 172 g/mol. The standard InChI is InChI=1S/C11H8O2/c12-10-6-3-1-2-4-7(6)11(13)9-5-8(9)10/h1-4,8-9H,5H2. The van der Waals surface area contributed by atoms with Crippen molar-refractivity contribution in [3.8, 4) is 0 Å². The van der Waals surface area contributed by atoms with E-state index in [9.17, 15) is 9.59 Å². The molecular formula is C11H8O2. The van der Waals surface area contributed by atoms with Gasteiger partial charge in [0.2, 0.25) is 0 Å². The number of ketones is 2. The normalized spacial score (nSPS) is 29.5. The van der Waals surface area contributed by atoms with Crippen LogP contribution in [0.3, 0.4) is 0 Å². The van der Waals surface area contributed by atoms with Crippen molar-refractivity contribution in [3.63, 3.8) is 0 Å². The molecule has 13 heavy (non-hydrogen) atoms. The monoisotopic (exact) mass is 172 g/mol. The summed E-state index contributed by atoms with van der Waals surface area (Å²) in [5.41, 5.74) is 1.26. The third-order valence-electron chi connectivity index (χ3n) is 2.92. The minimum absolute atomic E-state index is 0.0161. The van der Waals surface area contributed by atoms with Crippen molar-refractivity contribution in [3.05, 3.63) is 35.4 Å². The topological polar surface area (TPSA) is 34.1 Å². The average Bonchev–Trinajstić information content (AvgIpc) is 2.94. The summed E-state index contributed by atoms with van der Waals surface area (Å²) in [6.45, 7) is 0. The second-order valence-corrected chi connectivity index (χ2v) is 3.72. The highest BCUT2D eigenvalue weighted by atomic mass is 16.1. The minimum Gasteiger partial charge on any atom is -0.294 e. The minimum atomic E-state index is 0.0161. The molecule has 0 bridgehead atoms. The largest absolute Gasteiger partial charge is 0.294 e. The summed E-state index contributed by atoms with van der Waals surface area (Å²) >= 11 is 0. The van der Waals surface area contributed by atoms with Crippen LogP contribution in [0.5, 0.6) is 0 Å². The third kappa shape index (κ3) is 0.777. The smallest absolute Gasteiger partial charge is 0.167 e. The quantitative estimate of drug-likeness (QED) is 0.597. The number of benzene rings is 1. The number of carbonyl (C=O) groups excluding carboxylic acids is 2. The summed E-state index contributed by atoms with van der Waals surface area (Å²) in [6.07, 6.45) is 0.770. The zero-order valence-corrected chi connectivity index (χ0v) is 6.99. The van der Waals surface area contributed by atoms with Crippen LogP contribution in [0.2, 0.25) is 0 Å². The SMILES string of the molecule is O=C1c2ccccc2C(=O)C2CC12. The Morgan fingerprint density at radius 3 is 1.85 bits per heavy atom. The Morgan fingerprint density at radius 2 is 1.38 bits per heavy atom. The van der Waals surface area contributed by atoms with E-state index in [-0.39, 0.29) is 23.4 Å². The van der Waals surface area contributed by atoms with Gasteiger partial charge in [0.25, 0.3) is 0 Å². The summed E-state index contributed by atoms with van der Waals surface area (Å²) in [7, 11) is 0. The van der Waals surface area contributed by atoms with Gasteiger partial charge < -0.3 is 0 Å². The molecule has 2 nitrogen and oxygen atoms in total. The van der Waals surface area contributed by atoms with Crippen LogP contribution >= 0.6 is 0 Å². The Hall–Kier alpha value is -1.44. The van der Waals surface area contributed by atoms with Gasteiger partial charge in [-0.15, -0.1) is 0 Å². The molecule has 0 spiro atoms. The Morgan fingerprint density at radius 1 is 0.923 bits per heavy atom. The van der Waals surface area contributed by atoms with Gasteiger partial charge in [-0.25, -0.2) is 0 Å². The fourth-order valence-corrected chi connectivity index (χ4v) is 2.09. The lowest BCUT2D eigenvalue weighted by atomic mass is 9.90. The molecule has 0 aliphatic heterocycles. The van der Waals surface area contributed by atoms with Gasteiger partial charge in [0.15, 0.2) is 11.6 Å². The molecule has 2 unspecified atom stereocenters. The van der Waals surface area contributed by atoms with Crippen LogP contribution in [0.15, 0.2) is 24.3 Å². The number of Topliss-reactive ketones (excluding diaryl/α,β-unsaturated/α-hetero) is 2. The lowest BCUT2D eigenvalue weighted by Crippen LogP contribution is -2.19. The van der Waals surface area contributed by atoms with Crippen molar-refractivity contribution in [2.24, 2.45) is 11.8 Å². The predicted molar refractivity (Wildman–Crippen MR) is 46.7 cm³/mol. The molecular weight excluding hydrogens is 164 g/mol. The van der Waals surface area contributed by atoms with Gasteiger partial charge in [0.05, 0.1) is 0 Å². The first-order chi connectivity index (χ1) is 6.29. The van der Waals surface area contributed by atoms with E-state index >= 15 is 0 Å². The number of fused-ring (bicyclic) bond motifs is 2. The van der Waals surface area contributed by atoms with Crippen LogP contribution in [0.25, 0.3) is 0 Å². The number of carbonyl (C=O) groups is 2. The first kappa shape index (κ1) is 7.01. The van der Waals surface area contributed by atoms with Gasteiger partial charge >= 0.3 is 0 Å². The number of rotatable bonds is 0. The van der Waals surface area contributed by atoms with Gasteiger partial charge in [-0.2, -0.15) is 0 Å². The van der Waals surface area contributed by atoms with Crippen LogP contribution < -0.4 is 0 Å². The molecule has 3 rings (SSSR count). The highest BCUT2D eigenvalue weighted by molar-refractivity contribution is 6.18. The molecule has 0 aromatic heterocycles. The fraction of sp³-hybridized carbons (Fsp3) is 0.273. The third-order valence-corrected chi connectivity index (χ3v) is 2.92. The molecule has 0 amide bonds. The maximum atomic E-state index is 11.7. The molecule has 2 aliphatic carbocycles. The van der Waals surface area contributed by atoms with Gasteiger partial charge in [-0.1, -0.05) is 24.3 Å². The maximum Gasteiger partial charge on any atom is 0.167 e. The second-order valence-electron chi connectivity index (χ2n) is 3.72. The first-order valence-electron chi connectivity index (χ1n) is 4.46. The first-order valence-corrected chi connectivity index (χ1v) is 4.46. The van der Waals surface area contributed by atoms with E-state index < -0.39 is 0 Å². The van der Waals surface area contributed by atoms with Gasteiger partial charge in [0.1, 0.15) is 0 Å². The lowest BCUT2D eigenvalue weighted by Gasteiger charge is -2.11. The summed E-state index contributed by atoms with van der Waals surface area (Å²) in [5, 5.41) is 0. The molecule has 2 heteroatoms. The molecule has 1 aromatic rings. The van der Waals surface area contributed by atoms with E-state index in [1.54, 1.807) is 12.1 Å². The van der Waals surface area contributed by atoms with E-state index in [0.717, 1.165) is 6.42 Å². The van der Waals surface area contributed by atoms with E-state index in [1.165, 1.54) is 0 Å². The van der Waals surface area contributed by atoms with Crippen LogP contribution in [0, 0.1) is 11.8 Å². The van der Waals surface area contributed by atoms with E-state index in [4.69, 9.17) is 0 Å². The van der Waals surface area contributed by atoms with Crippen LogP contribution in [-0.2, 0) is 0 Å². The van der Waals surface area contributed by atoms with Crippen molar-refractivity contribution in [2.45, 2.75) is 6.42 Å².